The highest BCUT2D eigenvalue weighted by molar-refractivity contribution is 7.87. The van der Waals surface area contributed by atoms with Crippen molar-refractivity contribution in [2.24, 2.45) is 10.8 Å². The van der Waals surface area contributed by atoms with Crippen LogP contribution in [0.1, 0.15) is 20.8 Å². The number of ether oxygens (including phenoxy) is 2. The second-order valence-corrected chi connectivity index (χ2v) is 51.6. The summed E-state index contributed by atoms with van der Waals surface area (Å²) in [5.41, 5.74) is -0.0643. The van der Waals surface area contributed by atoms with Gasteiger partial charge in [0.2, 0.25) is 0 Å². The third-order valence-electron chi connectivity index (χ3n) is 6.17. The lowest BCUT2D eigenvalue weighted by atomic mass is 9.68. The Labute approximate surface area is 168 Å². The maximum atomic E-state index is 7.38. The first-order valence-corrected chi connectivity index (χ1v) is 25.4. The SMILES string of the molecule is COCC(COC)(CO[Si]([Si](C)(C)C)([Si](C)(C)C)[Si](C)(C)C)C(C)(C)C. The van der Waals surface area contributed by atoms with Crippen LogP contribution in [0.25, 0.3) is 0 Å². The summed E-state index contributed by atoms with van der Waals surface area (Å²) < 4.78 is 18.8. The van der Waals surface area contributed by atoms with Gasteiger partial charge in [0.25, 0.3) is 0 Å². The number of rotatable bonds is 10. The fourth-order valence-electron chi connectivity index (χ4n) is 5.60. The zero-order valence-corrected chi connectivity index (χ0v) is 24.3. The van der Waals surface area contributed by atoms with Gasteiger partial charge in [-0.25, -0.2) is 0 Å². The molecule has 26 heavy (non-hydrogen) atoms. The molecule has 0 aromatic carbocycles. The molecule has 0 atom stereocenters. The number of methoxy groups -OCH3 is 2. The van der Waals surface area contributed by atoms with Crippen LogP contribution in [0.3, 0.4) is 0 Å². The second kappa shape index (κ2) is 8.63. The minimum absolute atomic E-state index is 0.0531. The molecule has 0 saturated carbocycles. The molecule has 0 spiro atoms. The third kappa shape index (κ3) is 5.21. The molecule has 0 N–H and O–H groups in total. The van der Waals surface area contributed by atoms with Gasteiger partial charge in [0.1, 0.15) is 0 Å². The summed E-state index contributed by atoms with van der Waals surface area (Å²) in [6.07, 6.45) is 0. The molecular weight excluding hydrogens is 389 g/mol. The monoisotopic (exact) mass is 436 g/mol. The van der Waals surface area contributed by atoms with Gasteiger partial charge in [0, 0.05) is 26.2 Å². The summed E-state index contributed by atoms with van der Waals surface area (Å²) in [4.78, 5) is 0. The fourth-order valence-corrected chi connectivity index (χ4v) is 99.7. The molecule has 0 rings (SSSR count). The van der Waals surface area contributed by atoms with Gasteiger partial charge in [0.15, 0.2) is 6.87 Å². The number of hydrogen-bond donors (Lipinski definition) is 0. The molecule has 0 fully saturated rings. The molecule has 0 aliphatic rings. The van der Waals surface area contributed by atoms with Crippen LogP contribution < -0.4 is 0 Å². The van der Waals surface area contributed by atoms with Crippen molar-refractivity contribution in [1.82, 2.24) is 0 Å². The standard InChI is InChI=1S/C19H48O3Si4/c1-18(2,3)19(15-20-4,16-21-5)17-22-26(23(6,7)8,24(9,10)11)25(12,13)14/h15-17H2,1-14H3. The normalized spacial score (nSPS) is 15.5. The smallest absolute Gasteiger partial charge is 0.158 e. The highest BCUT2D eigenvalue weighted by Crippen LogP contribution is 2.44. The maximum Gasteiger partial charge on any atom is 0.158 e. The van der Waals surface area contributed by atoms with E-state index in [0.29, 0.717) is 13.2 Å². The van der Waals surface area contributed by atoms with Gasteiger partial charge in [-0.1, -0.05) is 79.7 Å². The molecule has 0 aromatic heterocycles. The summed E-state index contributed by atoms with van der Waals surface area (Å²) >= 11 is 0. The van der Waals surface area contributed by atoms with Crippen LogP contribution in [0.5, 0.6) is 0 Å². The van der Waals surface area contributed by atoms with E-state index in [1.165, 1.54) is 0 Å². The largest absolute Gasteiger partial charge is 0.425 e. The lowest BCUT2D eigenvalue weighted by molar-refractivity contribution is -0.0853. The van der Waals surface area contributed by atoms with Gasteiger partial charge in [-0.15, -0.1) is 0 Å². The van der Waals surface area contributed by atoms with E-state index in [1.807, 2.05) is 0 Å². The second-order valence-electron chi connectivity index (χ2n) is 12.1. The average molecular weight is 437 g/mol. The predicted octanol–water partition coefficient (Wildman–Crippen LogP) is 5.52. The van der Waals surface area contributed by atoms with E-state index in [1.54, 1.807) is 14.2 Å². The van der Waals surface area contributed by atoms with E-state index < -0.39 is 29.6 Å². The van der Waals surface area contributed by atoms with E-state index >= 15 is 0 Å². The van der Waals surface area contributed by atoms with Crippen LogP contribution in [0, 0.1) is 10.8 Å². The van der Waals surface area contributed by atoms with Crippen molar-refractivity contribution in [2.75, 3.05) is 34.0 Å². The van der Waals surface area contributed by atoms with Crippen molar-refractivity contribution in [3.8, 4) is 0 Å². The maximum absolute atomic E-state index is 7.38. The van der Waals surface area contributed by atoms with Gasteiger partial charge in [-0.2, -0.15) is 0 Å². The third-order valence-corrected chi connectivity index (χ3v) is 73.9. The quantitative estimate of drug-likeness (QED) is 0.422. The summed E-state index contributed by atoms with van der Waals surface area (Å²) in [5.74, 6) is 0. The molecule has 0 aliphatic carbocycles. The fraction of sp³-hybridized carbons (Fsp3) is 1.00. The highest BCUT2D eigenvalue weighted by Gasteiger charge is 2.64. The molecular formula is C19H48O3Si4. The van der Waals surface area contributed by atoms with E-state index in [0.717, 1.165) is 6.61 Å². The van der Waals surface area contributed by atoms with Crippen LogP contribution in [0.4, 0.5) is 0 Å². The first-order valence-electron chi connectivity index (χ1n) is 9.95. The molecule has 158 valence electrons. The van der Waals surface area contributed by atoms with Gasteiger partial charge < -0.3 is 13.9 Å². The Morgan fingerprint density at radius 2 is 0.885 bits per heavy atom. The van der Waals surface area contributed by atoms with Crippen LogP contribution >= 0.6 is 0 Å². The van der Waals surface area contributed by atoms with Crippen LogP contribution in [-0.4, -0.2) is 63.7 Å². The molecule has 0 saturated heterocycles. The van der Waals surface area contributed by atoms with Crippen LogP contribution in [-0.2, 0) is 13.9 Å². The Bertz CT molecular complexity index is 398. The van der Waals surface area contributed by atoms with E-state index in [9.17, 15) is 0 Å². The van der Waals surface area contributed by atoms with Gasteiger partial charge in [-0.05, 0) is 5.41 Å². The van der Waals surface area contributed by atoms with E-state index in [4.69, 9.17) is 13.9 Å². The van der Waals surface area contributed by atoms with Crippen molar-refractivity contribution >= 4 is 29.6 Å². The molecule has 3 nitrogen and oxygen atoms in total. The summed E-state index contributed by atoms with van der Waals surface area (Å²) in [7, 11) is -0.758. The molecule has 0 amide bonds. The Morgan fingerprint density at radius 3 is 1.08 bits per heavy atom. The average Bonchev–Trinajstić information content (AvgIpc) is 2.32. The molecule has 0 radical (unpaired) electrons. The van der Waals surface area contributed by atoms with Crippen molar-refractivity contribution < 1.29 is 13.9 Å². The van der Waals surface area contributed by atoms with Gasteiger partial charge in [0.05, 0.1) is 36.0 Å². The van der Waals surface area contributed by atoms with Crippen molar-refractivity contribution in [3.63, 3.8) is 0 Å². The van der Waals surface area contributed by atoms with Crippen molar-refractivity contribution in [3.05, 3.63) is 0 Å². The number of hydrogen-bond acceptors (Lipinski definition) is 3. The highest BCUT2D eigenvalue weighted by atomic mass is 29.9. The zero-order chi connectivity index (χ0) is 21.2. The summed E-state index contributed by atoms with van der Waals surface area (Å²) in [6, 6.07) is 0. The topological polar surface area (TPSA) is 27.7 Å². The molecule has 7 heteroatoms. The predicted molar refractivity (Wildman–Crippen MR) is 127 cm³/mol. The molecule has 0 aromatic rings. The van der Waals surface area contributed by atoms with Crippen LogP contribution in [0.2, 0.25) is 58.9 Å². The lowest BCUT2D eigenvalue weighted by Gasteiger charge is -2.58. The van der Waals surface area contributed by atoms with Crippen molar-refractivity contribution in [1.29, 1.82) is 0 Å². The Morgan fingerprint density at radius 1 is 0.577 bits per heavy atom. The first-order chi connectivity index (χ1) is 11.3. The minimum Gasteiger partial charge on any atom is -0.425 e. The first kappa shape index (κ1) is 26.7. The minimum atomic E-state index is -1.84. The Hall–Kier alpha value is 0.748. The Balaban J connectivity index is 6.30. The molecule has 0 bridgehead atoms. The van der Waals surface area contributed by atoms with E-state index in [2.05, 4.69) is 79.7 Å². The summed E-state index contributed by atoms with van der Waals surface area (Å²) in [5, 5.41) is 0. The van der Waals surface area contributed by atoms with Crippen molar-refractivity contribution in [2.45, 2.75) is 79.7 Å². The van der Waals surface area contributed by atoms with Gasteiger partial charge in [-0.3, -0.25) is 0 Å². The molecule has 0 aliphatic heterocycles. The summed E-state index contributed by atoms with van der Waals surface area (Å²) in [6.45, 7) is 30.3. The van der Waals surface area contributed by atoms with Crippen LogP contribution in [0.15, 0.2) is 0 Å². The van der Waals surface area contributed by atoms with Gasteiger partial charge >= 0.3 is 0 Å². The lowest BCUT2D eigenvalue weighted by Crippen LogP contribution is -2.84. The van der Waals surface area contributed by atoms with E-state index in [-0.39, 0.29) is 10.8 Å². The zero-order valence-electron chi connectivity index (χ0n) is 20.3. The Kier molecular flexibility index (Phi) is 8.88. The molecule has 0 unspecified atom stereocenters. The molecule has 0 heterocycles.